The highest BCUT2D eigenvalue weighted by molar-refractivity contribution is 5.93. The predicted molar refractivity (Wildman–Crippen MR) is 76.6 cm³/mol. The summed E-state index contributed by atoms with van der Waals surface area (Å²) in [5, 5.41) is 11.4. The second-order valence-electron chi connectivity index (χ2n) is 4.34. The number of anilines is 2. The second kappa shape index (κ2) is 7.39. The number of nitriles is 1. The highest BCUT2D eigenvalue weighted by Crippen LogP contribution is 2.20. The van der Waals surface area contributed by atoms with E-state index in [-0.39, 0.29) is 12.5 Å². The molecule has 0 saturated carbocycles. The quantitative estimate of drug-likeness (QED) is 0.763. The number of nitrogens with one attached hydrogen (secondary N) is 1. The van der Waals surface area contributed by atoms with E-state index in [9.17, 15) is 4.79 Å². The summed E-state index contributed by atoms with van der Waals surface area (Å²) in [6.07, 6.45) is 0.429. The molecule has 0 atom stereocenters. The van der Waals surface area contributed by atoms with Crippen molar-refractivity contribution >= 4 is 17.3 Å². The van der Waals surface area contributed by atoms with Crippen molar-refractivity contribution in [1.82, 2.24) is 4.90 Å². The molecule has 1 aromatic rings. The van der Waals surface area contributed by atoms with Crippen molar-refractivity contribution in [3.05, 3.63) is 23.8 Å². The lowest BCUT2D eigenvalue weighted by Gasteiger charge is -2.18. The molecule has 0 aliphatic rings. The smallest absolute Gasteiger partial charge is 0.238 e. The van der Waals surface area contributed by atoms with Gasteiger partial charge in [0.2, 0.25) is 5.91 Å². The fourth-order valence-electron chi connectivity index (χ4n) is 1.74. The molecule has 0 aliphatic carbocycles. The molecule has 0 aromatic heterocycles. The highest BCUT2D eigenvalue weighted by atomic mass is 16.2. The van der Waals surface area contributed by atoms with Gasteiger partial charge in [-0.15, -0.1) is 0 Å². The molecular weight excluding hydrogens is 240 g/mol. The van der Waals surface area contributed by atoms with Crippen molar-refractivity contribution in [3.63, 3.8) is 0 Å². The Bertz CT molecular complexity index is 479. The van der Waals surface area contributed by atoms with E-state index in [0.29, 0.717) is 18.7 Å². The Balaban J connectivity index is 2.59. The number of amides is 1. The van der Waals surface area contributed by atoms with E-state index < -0.39 is 0 Å². The van der Waals surface area contributed by atoms with Crippen LogP contribution >= 0.6 is 0 Å². The average Bonchev–Trinajstić information content (AvgIpc) is 2.40. The van der Waals surface area contributed by atoms with E-state index in [0.717, 1.165) is 17.8 Å². The zero-order valence-electron chi connectivity index (χ0n) is 11.4. The summed E-state index contributed by atoms with van der Waals surface area (Å²) in [7, 11) is 0. The second-order valence-corrected chi connectivity index (χ2v) is 4.34. The monoisotopic (exact) mass is 260 g/mol. The van der Waals surface area contributed by atoms with Gasteiger partial charge in [0.1, 0.15) is 0 Å². The van der Waals surface area contributed by atoms with E-state index in [2.05, 4.69) is 11.4 Å². The van der Waals surface area contributed by atoms with Crippen LogP contribution in [-0.2, 0) is 4.79 Å². The van der Waals surface area contributed by atoms with Gasteiger partial charge in [0.15, 0.2) is 0 Å². The summed E-state index contributed by atoms with van der Waals surface area (Å²) in [4.78, 5) is 13.9. The minimum Gasteiger partial charge on any atom is -0.398 e. The van der Waals surface area contributed by atoms with Crippen LogP contribution in [0.5, 0.6) is 0 Å². The third kappa shape index (κ3) is 4.60. The minimum absolute atomic E-state index is 0.0894. The van der Waals surface area contributed by atoms with Gasteiger partial charge >= 0.3 is 0 Å². The Kier molecular flexibility index (Phi) is 5.83. The molecule has 102 valence electrons. The molecule has 0 heterocycles. The number of hydrogen-bond acceptors (Lipinski definition) is 4. The average molecular weight is 260 g/mol. The van der Waals surface area contributed by atoms with E-state index in [1.54, 1.807) is 6.07 Å². The lowest BCUT2D eigenvalue weighted by molar-refractivity contribution is -0.117. The summed E-state index contributed by atoms with van der Waals surface area (Å²) >= 11 is 0. The van der Waals surface area contributed by atoms with Gasteiger partial charge in [0.25, 0.3) is 0 Å². The fraction of sp³-hybridized carbons (Fsp3) is 0.429. The number of rotatable bonds is 6. The van der Waals surface area contributed by atoms with Crippen LogP contribution in [0.3, 0.4) is 0 Å². The molecule has 0 aliphatic heterocycles. The van der Waals surface area contributed by atoms with Gasteiger partial charge in [-0.3, -0.25) is 9.69 Å². The predicted octanol–water partition coefficient (Wildman–Crippen LogP) is 1.75. The lowest BCUT2D eigenvalue weighted by Crippen LogP contribution is -2.33. The van der Waals surface area contributed by atoms with Gasteiger partial charge in [-0.25, -0.2) is 0 Å². The first-order valence-corrected chi connectivity index (χ1v) is 6.32. The first-order chi connectivity index (χ1) is 9.08. The van der Waals surface area contributed by atoms with Crippen LogP contribution in [0.2, 0.25) is 0 Å². The third-order valence-electron chi connectivity index (χ3n) is 3.00. The van der Waals surface area contributed by atoms with Crippen molar-refractivity contribution in [1.29, 1.82) is 5.26 Å². The van der Waals surface area contributed by atoms with Gasteiger partial charge < -0.3 is 11.1 Å². The van der Waals surface area contributed by atoms with Crippen LogP contribution in [0.15, 0.2) is 18.2 Å². The first kappa shape index (κ1) is 15.0. The SMILES string of the molecule is CCN(CCC#N)CC(=O)Nc1cccc(N)c1C. The molecule has 0 bridgehead atoms. The highest BCUT2D eigenvalue weighted by Gasteiger charge is 2.10. The lowest BCUT2D eigenvalue weighted by atomic mass is 10.1. The van der Waals surface area contributed by atoms with Gasteiger partial charge in [-0.1, -0.05) is 13.0 Å². The van der Waals surface area contributed by atoms with E-state index in [1.807, 2.05) is 30.9 Å². The van der Waals surface area contributed by atoms with Crippen LogP contribution in [0.1, 0.15) is 18.9 Å². The molecular formula is C14H20N4O. The number of likely N-dealkylation sites (N-methyl/N-ethyl adjacent to an activating group) is 1. The van der Waals surface area contributed by atoms with Crippen molar-refractivity contribution < 1.29 is 4.79 Å². The minimum atomic E-state index is -0.0894. The number of nitrogens with zero attached hydrogens (tertiary/aromatic N) is 2. The van der Waals surface area contributed by atoms with E-state index in [1.165, 1.54) is 0 Å². The molecule has 0 fully saturated rings. The number of nitrogens with two attached hydrogens (primary N) is 1. The molecule has 5 heteroatoms. The van der Waals surface area contributed by atoms with Gasteiger partial charge in [-0.2, -0.15) is 5.26 Å². The zero-order valence-corrected chi connectivity index (χ0v) is 11.4. The standard InChI is InChI=1S/C14H20N4O/c1-3-18(9-5-8-15)10-14(19)17-13-7-4-6-12(16)11(13)2/h4,6-7H,3,5,9-10,16H2,1-2H3,(H,17,19). The zero-order chi connectivity index (χ0) is 14.3. The summed E-state index contributed by atoms with van der Waals surface area (Å²) in [5.74, 6) is -0.0894. The molecule has 0 spiro atoms. The molecule has 0 radical (unpaired) electrons. The van der Waals surface area contributed by atoms with Crippen molar-refractivity contribution in [2.24, 2.45) is 0 Å². The maximum absolute atomic E-state index is 11.9. The third-order valence-corrected chi connectivity index (χ3v) is 3.00. The van der Waals surface area contributed by atoms with Crippen molar-refractivity contribution in [2.45, 2.75) is 20.3 Å². The Morgan fingerprint density at radius 1 is 1.53 bits per heavy atom. The van der Waals surface area contributed by atoms with Crippen LogP contribution in [0, 0.1) is 18.3 Å². The summed E-state index contributed by atoms with van der Waals surface area (Å²) in [6, 6.07) is 7.52. The Labute approximate surface area is 114 Å². The molecule has 19 heavy (non-hydrogen) atoms. The van der Waals surface area contributed by atoms with Gasteiger partial charge in [-0.05, 0) is 31.2 Å². The number of nitrogen functional groups attached to an aromatic ring is 1. The Morgan fingerprint density at radius 2 is 2.26 bits per heavy atom. The maximum Gasteiger partial charge on any atom is 0.238 e. The van der Waals surface area contributed by atoms with Crippen LogP contribution < -0.4 is 11.1 Å². The Morgan fingerprint density at radius 3 is 2.89 bits per heavy atom. The molecule has 1 rings (SSSR count). The Hall–Kier alpha value is -2.06. The fourth-order valence-corrected chi connectivity index (χ4v) is 1.74. The normalized spacial score (nSPS) is 10.2. The number of benzene rings is 1. The number of carbonyl (C=O) groups excluding carboxylic acids is 1. The molecule has 5 nitrogen and oxygen atoms in total. The van der Waals surface area contributed by atoms with E-state index in [4.69, 9.17) is 11.0 Å². The molecule has 1 aromatic carbocycles. The van der Waals surface area contributed by atoms with Gasteiger partial charge in [0.05, 0.1) is 12.6 Å². The van der Waals surface area contributed by atoms with Crippen molar-refractivity contribution in [2.75, 3.05) is 30.7 Å². The summed E-state index contributed by atoms with van der Waals surface area (Å²) in [5.41, 5.74) is 8.06. The maximum atomic E-state index is 11.9. The first-order valence-electron chi connectivity index (χ1n) is 6.32. The summed E-state index contributed by atoms with van der Waals surface area (Å²) < 4.78 is 0. The van der Waals surface area contributed by atoms with Crippen LogP contribution in [0.25, 0.3) is 0 Å². The number of hydrogen-bond donors (Lipinski definition) is 2. The van der Waals surface area contributed by atoms with E-state index >= 15 is 0 Å². The number of carbonyl (C=O) groups is 1. The van der Waals surface area contributed by atoms with Crippen molar-refractivity contribution in [3.8, 4) is 6.07 Å². The molecule has 3 N–H and O–H groups in total. The topological polar surface area (TPSA) is 82.2 Å². The van der Waals surface area contributed by atoms with Gasteiger partial charge in [0, 0.05) is 24.3 Å². The molecule has 1 amide bonds. The molecule has 0 unspecified atom stereocenters. The van der Waals surface area contributed by atoms with Crippen LogP contribution in [0.4, 0.5) is 11.4 Å². The molecule has 0 saturated heterocycles. The summed E-state index contributed by atoms with van der Waals surface area (Å²) in [6.45, 7) is 5.47. The van der Waals surface area contributed by atoms with Crippen LogP contribution in [-0.4, -0.2) is 30.4 Å². The largest absolute Gasteiger partial charge is 0.398 e.